The Morgan fingerprint density at radius 2 is 2.05 bits per heavy atom. The van der Waals surface area contributed by atoms with Gasteiger partial charge in [0.15, 0.2) is 0 Å². The molecule has 104 valence electrons. The van der Waals surface area contributed by atoms with Crippen LogP contribution in [0.25, 0.3) is 0 Å². The molecule has 1 aliphatic heterocycles. The van der Waals surface area contributed by atoms with Crippen LogP contribution in [0.3, 0.4) is 0 Å². The first kappa shape index (κ1) is 13.5. The Morgan fingerprint density at radius 1 is 1.25 bits per heavy atom. The van der Waals surface area contributed by atoms with Crippen LogP contribution in [0.2, 0.25) is 0 Å². The molecule has 0 fully saturated rings. The summed E-state index contributed by atoms with van der Waals surface area (Å²) < 4.78 is 12.1. The van der Waals surface area contributed by atoms with Crippen molar-refractivity contribution >= 4 is 15.9 Å². The maximum absolute atomic E-state index is 10.2. The lowest BCUT2D eigenvalue weighted by molar-refractivity contribution is 0.0657. The van der Waals surface area contributed by atoms with Crippen molar-refractivity contribution in [2.75, 3.05) is 7.11 Å². The van der Waals surface area contributed by atoms with Gasteiger partial charge in [0.2, 0.25) is 0 Å². The summed E-state index contributed by atoms with van der Waals surface area (Å²) in [5, 5.41) is 10.2. The lowest BCUT2D eigenvalue weighted by atomic mass is 9.95. The molecule has 0 aliphatic carbocycles. The van der Waals surface area contributed by atoms with Gasteiger partial charge < -0.3 is 14.6 Å². The summed E-state index contributed by atoms with van der Waals surface area (Å²) in [6, 6.07) is 13.5. The van der Waals surface area contributed by atoms with Crippen LogP contribution in [0.1, 0.15) is 29.8 Å². The summed E-state index contributed by atoms with van der Waals surface area (Å²) in [6.07, 6.45) is -0.0941. The molecule has 2 aromatic rings. The van der Waals surface area contributed by atoms with Crippen molar-refractivity contribution in [2.45, 2.75) is 18.6 Å². The molecule has 1 heterocycles. The molecule has 0 aromatic heterocycles. The standard InChI is InChI=1S/C16H15BrO3/c1-19-15-7-6-10(8-12(15)17)16-9-13(18)11-4-2-3-5-14(11)20-16/h2-8,13,16,18H,9H2,1H3/t13-,16?/m1/s1. The minimum absolute atomic E-state index is 0.151. The molecule has 4 heteroatoms. The molecular formula is C16H15BrO3. The Bertz CT molecular complexity index is 627. The number of aliphatic hydroxyl groups is 1. The minimum Gasteiger partial charge on any atom is -0.496 e. The third-order valence-corrected chi connectivity index (χ3v) is 4.15. The van der Waals surface area contributed by atoms with E-state index in [1.165, 1.54) is 0 Å². The number of rotatable bonds is 2. The second-order valence-electron chi connectivity index (χ2n) is 4.79. The third kappa shape index (κ3) is 2.41. The Balaban J connectivity index is 1.91. The van der Waals surface area contributed by atoms with Crippen LogP contribution in [0.5, 0.6) is 11.5 Å². The van der Waals surface area contributed by atoms with Gasteiger partial charge in [0, 0.05) is 12.0 Å². The molecule has 2 aromatic carbocycles. The van der Waals surface area contributed by atoms with Crippen molar-refractivity contribution in [1.82, 2.24) is 0 Å². The lowest BCUT2D eigenvalue weighted by Crippen LogP contribution is -2.18. The number of benzene rings is 2. The maximum atomic E-state index is 10.2. The summed E-state index contributed by atoms with van der Waals surface area (Å²) >= 11 is 3.48. The smallest absolute Gasteiger partial charge is 0.133 e. The second-order valence-corrected chi connectivity index (χ2v) is 5.64. The van der Waals surface area contributed by atoms with E-state index in [1.807, 2.05) is 42.5 Å². The normalized spacial score (nSPS) is 20.9. The van der Waals surface area contributed by atoms with Gasteiger partial charge in [0.1, 0.15) is 17.6 Å². The molecule has 2 atom stereocenters. The van der Waals surface area contributed by atoms with Gasteiger partial charge in [-0.15, -0.1) is 0 Å². The number of aliphatic hydroxyl groups excluding tert-OH is 1. The zero-order valence-electron chi connectivity index (χ0n) is 11.0. The van der Waals surface area contributed by atoms with Crippen molar-refractivity contribution in [1.29, 1.82) is 0 Å². The molecule has 0 bridgehead atoms. The van der Waals surface area contributed by atoms with E-state index in [1.54, 1.807) is 7.11 Å². The van der Waals surface area contributed by atoms with Gasteiger partial charge in [-0.25, -0.2) is 0 Å². The number of hydrogen-bond acceptors (Lipinski definition) is 3. The molecule has 0 saturated carbocycles. The Hall–Kier alpha value is -1.52. The van der Waals surface area contributed by atoms with E-state index in [-0.39, 0.29) is 6.10 Å². The molecule has 20 heavy (non-hydrogen) atoms. The number of halogens is 1. The average Bonchev–Trinajstić information content (AvgIpc) is 2.47. The molecular weight excluding hydrogens is 320 g/mol. The van der Waals surface area contributed by atoms with Crippen molar-refractivity contribution in [3.8, 4) is 11.5 Å². The van der Waals surface area contributed by atoms with E-state index in [0.717, 1.165) is 27.1 Å². The van der Waals surface area contributed by atoms with Gasteiger partial charge in [-0.2, -0.15) is 0 Å². The highest BCUT2D eigenvalue weighted by molar-refractivity contribution is 9.10. The van der Waals surface area contributed by atoms with Crippen LogP contribution in [-0.2, 0) is 0 Å². The highest BCUT2D eigenvalue weighted by Crippen LogP contribution is 2.41. The first-order chi connectivity index (χ1) is 9.69. The number of hydrogen-bond donors (Lipinski definition) is 1. The highest BCUT2D eigenvalue weighted by atomic mass is 79.9. The van der Waals surface area contributed by atoms with E-state index in [4.69, 9.17) is 9.47 Å². The summed E-state index contributed by atoms with van der Waals surface area (Å²) in [6.45, 7) is 0. The Labute approximate surface area is 126 Å². The predicted molar refractivity (Wildman–Crippen MR) is 80.1 cm³/mol. The molecule has 0 spiro atoms. The molecule has 3 nitrogen and oxygen atoms in total. The van der Waals surface area contributed by atoms with Crippen LogP contribution in [0.4, 0.5) is 0 Å². The molecule has 1 unspecified atom stereocenters. The fourth-order valence-corrected chi connectivity index (χ4v) is 3.04. The van der Waals surface area contributed by atoms with Crippen LogP contribution in [-0.4, -0.2) is 12.2 Å². The average molecular weight is 335 g/mol. The minimum atomic E-state index is -0.495. The van der Waals surface area contributed by atoms with Gasteiger partial charge >= 0.3 is 0 Å². The third-order valence-electron chi connectivity index (χ3n) is 3.53. The fourth-order valence-electron chi connectivity index (χ4n) is 2.48. The molecule has 1 aliphatic rings. The van der Waals surface area contributed by atoms with Crippen LogP contribution in [0.15, 0.2) is 46.9 Å². The Kier molecular flexibility index (Phi) is 3.68. The van der Waals surface area contributed by atoms with Crippen molar-refractivity contribution < 1.29 is 14.6 Å². The van der Waals surface area contributed by atoms with Crippen LogP contribution >= 0.6 is 15.9 Å². The highest BCUT2D eigenvalue weighted by Gasteiger charge is 2.27. The first-order valence-electron chi connectivity index (χ1n) is 6.46. The number of methoxy groups -OCH3 is 1. The number of para-hydroxylation sites is 1. The zero-order valence-corrected chi connectivity index (χ0v) is 12.6. The SMILES string of the molecule is COc1ccc(C2C[C@@H](O)c3ccccc3O2)cc1Br. The van der Waals surface area contributed by atoms with E-state index < -0.39 is 6.10 Å². The molecule has 1 N–H and O–H groups in total. The molecule has 0 amide bonds. The maximum Gasteiger partial charge on any atom is 0.133 e. The van der Waals surface area contributed by atoms with E-state index in [9.17, 15) is 5.11 Å². The summed E-state index contributed by atoms with van der Waals surface area (Å²) in [5.74, 6) is 1.54. The van der Waals surface area contributed by atoms with E-state index in [0.29, 0.717) is 6.42 Å². The first-order valence-corrected chi connectivity index (χ1v) is 7.25. The topological polar surface area (TPSA) is 38.7 Å². The fraction of sp³-hybridized carbons (Fsp3) is 0.250. The summed E-state index contributed by atoms with van der Waals surface area (Å²) in [7, 11) is 1.64. The second kappa shape index (κ2) is 5.46. The summed E-state index contributed by atoms with van der Waals surface area (Å²) in [5.41, 5.74) is 1.88. The monoisotopic (exact) mass is 334 g/mol. The molecule has 3 rings (SSSR count). The van der Waals surface area contributed by atoms with E-state index in [2.05, 4.69) is 15.9 Å². The summed E-state index contributed by atoms with van der Waals surface area (Å²) in [4.78, 5) is 0. The zero-order chi connectivity index (χ0) is 14.1. The van der Waals surface area contributed by atoms with Crippen molar-refractivity contribution in [3.63, 3.8) is 0 Å². The largest absolute Gasteiger partial charge is 0.496 e. The van der Waals surface area contributed by atoms with Gasteiger partial charge in [0.05, 0.1) is 17.7 Å². The quantitative estimate of drug-likeness (QED) is 0.901. The van der Waals surface area contributed by atoms with Gasteiger partial charge in [0.25, 0.3) is 0 Å². The lowest BCUT2D eigenvalue weighted by Gasteiger charge is -2.30. The predicted octanol–water partition coefficient (Wildman–Crippen LogP) is 4.01. The Morgan fingerprint density at radius 3 is 2.80 bits per heavy atom. The van der Waals surface area contributed by atoms with Gasteiger partial charge in [-0.3, -0.25) is 0 Å². The van der Waals surface area contributed by atoms with E-state index >= 15 is 0 Å². The van der Waals surface area contributed by atoms with Gasteiger partial charge in [-0.1, -0.05) is 24.3 Å². The van der Waals surface area contributed by atoms with Crippen molar-refractivity contribution in [2.24, 2.45) is 0 Å². The van der Waals surface area contributed by atoms with Crippen molar-refractivity contribution in [3.05, 3.63) is 58.1 Å². The van der Waals surface area contributed by atoms with Crippen LogP contribution < -0.4 is 9.47 Å². The van der Waals surface area contributed by atoms with Crippen LogP contribution in [0, 0.1) is 0 Å². The number of ether oxygens (including phenoxy) is 2. The number of fused-ring (bicyclic) bond motifs is 1. The molecule has 0 saturated heterocycles. The molecule has 0 radical (unpaired) electrons. The van der Waals surface area contributed by atoms with Gasteiger partial charge in [-0.05, 0) is 39.7 Å².